The Balaban J connectivity index is 2.77. The van der Waals surface area contributed by atoms with Crippen LogP contribution in [0.3, 0.4) is 0 Å². The average molecular weight is 291 g/mol. The van der Waals surface area contributed by atoms with Crippen molar-refractivity contribution in [2.24, 2.45) is 5.92 Å². The van der Waals surface area contributed by atoms with Crippen LogP contribution in [0.2, 0.25) is 0 Å². The third kappa shape index (κ3) is 4.85. The zero-order chi connectivity index (χ0) is 15.8. The first-order valence-electron chi connectivity index (χ1n) is 7.99. The highest BCUT2D eigenvalue weighted by Gasteiger charge is 2.23. The van der Waals surface area contributed by atoms with Crippen molar-refractivity contribution in [2.45, 2.75) is 46.6 Å². The van der Waals surface area contributed by atoms with Gasteiger partial charge in [-0.25, -0.2) is 0 Å². The maximum absolute atomic E-state index is 12.6. The average Bonchev–Trinajstić information content (AvgIpc) is 2.55. The minimum Gasteiger partial charge on any atom is -0.497 e. The molecule has 0 fully saturated rings. The number of benzene rings is 1. The Bertz CT molecular complexity index is 423. The molecule has 3 nitrogen and oxygen atoms in total. The van der Waals surface area contributed by atoms with Gasteiger partial charge in [-0.3, -0.25) is 9.69 Å². The third-order valence-corrected chi connectivity index (χ3v) is 4.36. The largest absolute Gasteiger partial charge is 0.497 e. The number of methoxy groups -OCH3 is 1. The fourth-order valence-corrected chi connectivity index (χ4v) is 2.60. The molecule has 3 heteroatoms. The van der Waals surface area contributed by atoms with Gasteiger partial charge in [0.2, 0.25) is 0 Å². The highest BCUT2D eigenvalue weighted by atomic mass is 16.5. The lowest BCUT2D eigenvalue weighted by Crippen LogP contribution is -2.41. The van der Waals surface area contributed by atoms with Gasteiger partial charge in [-0.15, -0.1) is 0 Å². The summed E-state index contributed by atoms with van der Waals surface area (Å²) in [5.74, 6) is 1.63. The molecule has 0 heterocycles. The Kier molecular flexibility index (Phi) is 7.44. The van der Waals surface area contributed by atoms with Gasteiger partial charge in [-0.05, 0) is 43.7 Å². The summed E-state index contributed by atoms with van der Waals surface area (Å²) in [6, 6.07) is 7.31. The second kappa shape index (κ2) is 8.83. The van der Waals surface area contributed by atoms with Gasteiger partial charge < -0.3 is 4.74 Å². The zero-order valence-corrected chi connectivity index (χ0v) is 14.1. The Morgan fingerprint density at radius 3 is 2.14 bits per heavy atom. The quantitative estimate of drug-likeness (QED) is 0.643. The lowest BCUT2D eigenvalue weighted by atomic mass is 9.99. The zero-order valence-electron chi connectivity index (χ0n) is 14.1. The maximum atomic E-state index is 12.6. The molecule has 1 rings (SSSR count). The van der Waals surface area contributed by atoms with E-state index in [2.05, 4.69) is 25.7 Å². The van der Waals surface area contributed by atoms with E-state index < -0.39 is 0 Å². The van der Waals surface area contributed by atoms with Crippen LogP contribution in [0.25, 0.3) is 0 Å². The molecule has 0 saturated heterocycles. The van der Waals surface area contributed by atoms with Crippen molar-refractivity contribution in [3.63, 3.8) is 0 Å². The van der Waals surface area contributed by atoms with E-state index in [-0.39, 0.29) is 11.8 Å². The summed E-state index contributed by atoms with van der Waals surface area (Å²) < 4.78 is 5.14. The lowest BCUT2D eigenvalue weighted by molar-refractivity contribution is 0.0819. The second-order valence-corrected chi connectivity index (χ2v) is 5.54. The smallest absolute Gasteiger partial charge is 0.179 e. The molecular weight excluding hydrogens is 262 g/mol. The van der Waals surface area contributed by atoms with E-state index in [0.29, 0.717) is 5.92 Å². The maximum Gasteiger partial charge on any atom is 0.179 e. The van der Waals surface area contributed by atoms with Crippen molar-refractivity contribution in [2.75, 3.05) is 20.2 Å². The van der Waals surface area contributed by atoms with E-state index in [0.717, 1.165) is 37.2 Å². The molecule has 0 saturated carbocycles. The first kappa shape index (κ1) is 17.7. The number of rotatable bonds is 9. The summed E-state index contributed by atoms with van der Waals surface area (Å²) in [4.78, 5) is 14.9. The number of hydrogen-bond acceptors (Lipinski definition) is 3. The van der Waals surface area contributed by atoms with Crippen LogP contribution in [-0.4, -0.2) is 36.9 Å². The molecule has 0 aliphatic rings. The normalized spacial score (nSPS) is 12.7. The van der Waals surface area contributed by atoms with E-state index in [4.69, 9.17) is 4.74 Å². The van der Waals surface area contributed by atoms with Crippen LogP contribution in [0.15, 0.2) is 24.3 Å². The number of carbonyl (C=O) groups excluding carboxylic acids is 1. The van der Waals surface area contributed by atoms with E-state index in [9.17, 15) is 4.79 Å². The number of likely N-dealkylation sites (N-methyl/N-ethyl adjacent to an activating group) is 1. The Morgan fingerprint density at radius 1 is 1.14 bits per heavy atom. The fraction of sp³-hybridized carbons (Fsp3) is 0.611. The molecule has 0 spiro atoms. The number of ether oxygens (including phenoxy) is 1. The van der Waals surface area contributed by atoms with Crippen molar-refractivity contribution < 1.29 is 9.53 Å². The van der Waals surface area contributed by atoms with E-state index in [1.165, 1.54) is 0 Å². The molecule has 0 amide bonds. The molecule has 1 aromatic carbocycles. The van der Waals surface area contributed by atoms with E-state index in [1.807, 2.05) is 31.2 Å². The molecule has 21 heavy (non-hydrogen) atoms. The molecule has 1 atom stereocenters. The van der Waals surface area contributed by atoms with Crippen LogP contribution >= 0.6 is 0 Å². The van der Waals surface area contributed by atoms with Crippen LogP contribution in [0.1, 0.15) is 50.9 Å². The standard InChI is InChI=1S/C18H29NO2/c1-6-15(7-2)13-19(8-3)14(4)18(20)16-9-11-17(21-5)12-10-16/h9-12,14-15H,6-8,13H2,1-5H3. The Morgan fingerprint density at radius 2 is 1.71 bits per heavy atom. The number of ketones is 1. The minimum absolute atomic E-state index is 0.0796. The van der Waals surface area contributed by atoms with Gasteiger partial charge in [0.25, 0.3) is 0 Å². The molecule has 1 unspecified atom stereocenters. The van der Waals surface area contributed by atoms with Crippen molar-refractivity contribution in [3.05, 3.63) is 29.8 Å². The number of Topliss-reactive ketones (excluding diaryl/α,β-unsaturated/α-hetero) is 1. The minimum atomic E-state index is -0.0796. The van der Waals surface area contributed by atoms with Gasteiger partial charge in [0.05, 0.1) is 13.2 Å². The molecular formula is C18H29NO2. The monoisotopic (exact) mass is 291 g/mol. The lowest BCUT2D eigenvalue weighted by Gasteiger charge is -2.30. The van der Waals surface area contributed by atoms with Crippen LogP contribution < -0.4 is 4.74 Å². The molecule has 0 aromatic heterocycles. The molecule has 1 aromatic rings. The summed E-state index contributed by atoms with van der Waals surface area (Å²) in [5.41, 5.74) is 0.756. The molecule has 118 valence electrons. The predicted molar refractivity (Wildman–Crippen MR) is 88.1 cm³/mol. The Labute approximate surface area is 129 Å². The van der Waals surface area contributed by atoms with Gasteiger partial charge in [-0.1, -0.05) is 33.6 Å². The molecule has 0 aliphatic carbocycles. The predicted octanol–water partition coefficient (Wildman–Crippen LogP) is 4.02. The summed E-state index contributed by atoms with van der Waals surface area (Å²) >= 11 is 0. The highest BCUT2D eigenvalue weighted by Crippen LogP contribution is 2.17. The summed E-state index contributed by atoms with van der Waals surface area (Å²) in [6.45, 7) is 10.5. The third-order valence-electron chi connectivity index (χ3n) is 4.36. The first-order valence-corrected chi connectivity index (χ1v) is 7.99. The van der Waals surface area contributed by atoms with Gasteiger partial charge in [0.1, 0.15) is 5.75 Å². The first-order chi connectivity index (χ1) is 10.1. The van der Waals surface area contributed by atoms with Gasteiger partial charge in [0.15, 0.2) is 5.78 Å². The van der Waals surface area contributed by atoms with Crippen molar-refractivity contribution in [1.29, 1.82) is 0 Å². The van der Waals surface area contributed by atoms with Crippen molar-refractivity contribution >= 4 is 5.78 Å². The summed E-state index contributed by atoms with van der Waals surface area (Å²) in [6.07, 6.45) is 2.33. The topological polar surface area (TPSA) is 29.5 Å². The fourth-order valence-electron chi connectivity index (χ4n) is 2.60. The van der Waals surface area contributed by atoms with Gasteiger partial charge in [0, 0.05) is 12.1 Å². The molecule has 0 radical (unpaired) electrons. The SMILES string of the molecule is CCC(CC)CN(CC)C(C)C(=O)c1ccc(OC)cc1. The summed E-state index contributed by atoms with van der Waals surface area (Å²) in [7, 11) is 1.63. The van der Waals surface area contributed by atoms with Crippen LogP contribution in [0, 0.1) is 5.92 Å². The van der Waals surface area contributed by atoms with Crippen molar-refractivity contribution in [3.8, 4) is 5.75 Å². The van der Waals surface area contributed by atoms with Gasteiger partial charge >= 0.3 is 0 Å². The molecule has 0 bridgehead atoms. The Hall–Kier alpha value is -1.35. The summed E-state index contributed by atoms with van der Waals surface area (Å²) in [5, 5.41) is 0. The van der Waals surface area contributed by atoms with Crippen LogP contribution in [0.4, 0.5) is 0 Å². The number of hydrogen-bond donors (Lipinski definition) is 0. The number of nitrogens with zero attached hydrogens (tertiary/aromatic N) is 1. The molecule has 0 aliphatic heterocycles. The van der Waals surface area contributed by atoms with Crippen LogP contribution in [-0.2, 0) is 0 Å². The molecule has 0 N–H and O–H groups in total. The highest BCUT2D eigenvalue weighted by molar-refractivity contribution is 5.99. The van der Waals surface area contributed by atoms with Gasteiger partial charge in [-0.2, -0.15) is 0 Å². The van der Waals surface area contributed by atoms with E-state index in [1.54, 1.807) is 7.11 Å². The van der Waals surface area contributed by atoms with E-state index >= 15 is 0 Å². The van der Waals surface area contributed by atoms with Crippen LogP contribution in [0.5, 0.6) is 5.75 Å². The second-order valence-electron chi connectivity index (χ2n) is 5.54. The number of carbonyl (C=O) groups is 1. The van der Waals surface area contributed by atoms with Crippen molar-refractivity contribution in [1.82, 2.24) is 4.90 Å².